The fourth-order valence-corrected chi connectivity index (χ4v) is 3.24. The summed E-state index contributed by atoms with van der Waals surface area (Å²) in [6.45, 7) is 1.58. The quantitative estimate of drug-likeness (QED) is 0.899. The van der Waals surface area contributed by atoms with Crippen LogP contribution in [0.1, 0.15) is 18.1 Å². The summed E-state index contributed by atoms with van der Waals surface area (Å²) in [5.74, 6) is -1.49. The summed E-state index contributed by atoms with van der Waals surface area (Å²) >= 11 is 1.34. The topological polar surface area (TPSA) is 37.3 Å². The van der Waals surface area contributed by atoms with E-state index < -0.39 is 23.6 Å². The summed E-state index contributed by atoms with van der Waals surface area (Å²) < 4.78 is 37.6. The van der Waals surface area contributed by atoms with E-state index in [0.29, 0.717) is 12.0 Å². The van der Waals surface area contributed by atoms with Crippen molar-refractivity contribution in [1.29, 1.82) is 0 Å². The monoisotopic (exact) mass is 276 g/mol. The van der Waals surface area contributed by atoms with E-state index in [1.165, 1.54) is 17.8 Å². The molecule has 0 aliphatic carbocycles. The molecular weight excluding hydrogens is 265 g/mol. The fraction of sp³-hybridized carbons (Fsp3) is 0.417. The Kier molecular flexibility index (Phi) is 3.31. The van der Waals surface area contributed by atoms with Crippen molar-refractivity contribution in [3.63, 3.8) is 0 Å². The van der Waals surface area contributed by atoms with E-state index in [4.69, 9.17) is 5.11 Å². The van der Waals surface area contributed by atoms with E-state index in [2.05, 4.69) is 0 Å². The number of carbonyl (C=O) groups is 1. The molecule has 6 heteroatoms. The molecule has 2 rings (SSSR count). The van der Waals surface area contributed by atoms with Gasteiger partial charge in [0, 0.05) is 10.1 Å². The minimum absolute atomic E-state index is 0.194. The molecule has 0 saturated heterocycles. The van der Waals surface area contributed by atoms with Crippen molar-refractivity contribution in [2.45, 2.75) is 29.7 Å². The van der Waals surface area contributed by atoms with E-state index in [-0.39, 0.29) is 5.25 Å². The first-order valence-corrected chi connectivity index (χ1v) is 6.26. The van der Waals surface area contributed by atoms with Crippen molar-refractivity contribution < 1.29 is 23.1 Å². The molecule has 98 valence electrons. The van der Waals surface area contributed by atoms with Gasteiger partial charge >= 0.3 is 12.1 Å². The first-order chi connectivity index (χ1) is 8.29. The van der Waals surface area contributed by atoms with E-state index in [0.717, 1.165) is 17.0 Å². The van der Waals surface area contributed by atoms with E-state index in [1.807, 2.05) is 0 Å². The molecule has 1 aliphatic rings. The lowest BCUT2D eigenvalue weighted by Gasteiger charge is -2.12. The number of aliphatic carboxylic acids is 1. The smallest absolute Gasteiger partial charge is 0.416 e. The summed E-state index contributed by atoms with van der Waals surface area (Å²) in [6, 6.07) is 3.59. The summed E-state index contributed by atoms with van der Waals surface area (Å²) in [6.07, 6.45) is -3.98. The maximum Gasteiger partial charge on any atom is 0.416 e. The van der Waals surface area contributed by atoms with E-state index in [1.54, 1.807) is 6.92 Å². The summed E-state index contributed by atoms with van der Waals surface area (Å²) in [5.41, 5.74) is -0.0848. The Morgan fingerprint density at radius 3 is 2.72 bits per heavy atom. The van der Waals surface area contributed by atoms with Crippen LogP contribution in [0.2, 0.25) is 0 Å². The van der Waals surface area contributed by atoms with Crippen molar-refractivity contribution in [2.24, 2.45) is 5.92 Å². The molecule has 1 aliphatic heterocycles. The highest BCUT2D eigenvalue weighted by atomic mass is 32.2. The number of hydrogen-bond donors (Lipinski definition) is 1. The lowest BCUT2D eigenvalue weighted by atomic mass is 10.00. The number of carboxylic acid groups (broad SMARTS) is 1. The average molecular weight is 276 g/mol. The van der Waals surface area contributed by atoms with Crippen molar-refractivity contribution >= 4 is 17.7 Å². The molecule has 0 radical (unpaired) electrons. The van der Waals surface area contributed by atoms with Gasteiger partial charge in [0.25, 0.3) is 0 Å². The molecular formula is C12H11F3O2S. The summed E-state index contributed by atoms with van der Waals surface area (Å²) in [4.78, 5) is 11.6. The van der Waals surface area contributed by atoms with Gasteiger partial charge in [-0.25, -0.2) is 0 Å². The van der Waals surface area contributed by atoms with E-state index >= 15 is 0 Å². The number of thioether (sulfide) groups is 1. The number of alkyl halides is 3. The molecule has 0 spiro atoms. The molecule has 18 heavy (non-hydrogen) atoms. The van der Waals surface area contributed by atoms with Gasteiger partial charge in [0.05, 0.1) is 11.5 Å². The first-order valence-electron chi connectivity index (χ1n) is 5.38. The SMILES string of the molecule is CC(C(=O)O)C1Cc2cc(C(F)(F)F)ccc2S1. The Morgan fingerprint density at radius 1 is 1.50 bits per heavy atom. The van der Waals surface area contributed by atoms with Crippen LogP contribution in [0, 0.1) is 5.92 Å². The number of benzene rings is 1. The molecule has 0 aromatic heterocycles. The van der Waals surface area contributed by atoms with Crippen LogP contribution < -0.4 is 0 Å². The number of fused-ring (bicyclic) bond motifs is 1. The van der Waals surface area contributed by atoms with Crippen molar-refractivity contribution in [1.82, 2.24) is 0 Å². The second kappa shape index (κ2) is 4.50. The molecule has 1 aromatic carbocycles. The van der Waals surface area contributed by atoms with Crippen molar-refractivity contribution in [3.8, 4) is 0 Å². The molecule has 0 saturated carbocycles. The molecule has 1 aromatic rings. The van der Waals surface area contributed by atoms with Gasteiger partial charge < -0.3 is 5.11 Å². The maximum atomic E-state index is 12.5. The molecule has 2 unspecified atom stereocenters. The van der Waals surface area contributed by atoms with Gasteiger partial charge in [-0.2, -0.15) is 13.2 Å². The zero-order valence-corrected chi connectivity index (χ0v) is 10.3. The summed E-state index contributed by atoms with van der Waals surface area (Å²) in [7, 11) is 0. The minimum Gasteiger partial charge on any atom is -0.481 e. The largest absolute Gasteiger partial charge is 0.481 e. The minimum atomic E-state index is -4.35. The van der Waals surface area contributed by atoms with Gasteiger partial charge in [-0.3, -0.25) is 4.79 Å². The van der Waals surface area contributed by atoms with Gasteiger partial charge in [-0.1, -0.05) is 6.92 Å². The first kappa shape index (κ1) is 13.3. The van der Waals surface area contributed by atoms with Crippen LogP contribution in [0.4, 0.5) is 13.2 Å². The van der Waals surface area contributed by atoms with Gasteiger partial charge in [-0.05, 0) is 30.2 Å². The standard InChI is InChI=1S/C12H11F3O2S/c1-6(11(16)17)10-5-7-4-8(12(13,14)15)2-3-9(7)18-10/h2-4,6,10H,5H2,1H3,(H,16,17). The zero-order chi connectivity index (χ0) is 13.5. The van der Waals surface area contributed by atoms with Gasteiger partial charge in [0.15, 0.2) is 0 Å². The third kappa shape index (κ3) is 2.48. The third-order valence-corrected chi connectivity index (χ3v) is 4.56. The number of halogens is 3. The van der Waals surface area contributed by atoms with Gasteiger partial charge in [-0.15, -0.1) is 11.8 Å². The molecule has 2 atom stereocenters. The van der Waals surface area contributed by atoms with Gasteiger partial charge in [0.2, 0.25) is 0 Å². The van der Waals surface area contributed by atoms with Crippen LogP contribution >= 0.6 is 11.8 Å². The molecule has 2 nitrogen and oxygen atoms in total. The Labute approximate surface area is 106 Å². The van der Waals surface area contributed by atoms with Crippen molar-refractivity contribution in [3.05, 3.63) is 29.3 Å². The van der Waals surface area contributed by atoms with Crippen LogP contribution in [0.25, 0.3) is 0 Å². The molecule has 0 bridgehead atoms. The second-order valence-electron chi connectivity index (χ2n) is 4.31. The van der Waals surface area contributed by atoms with Crippen LogP contribution in [0.5, 0.6) is 0 Å². The van der Waals surface area contributed by atoms with E-state index in [9.17, 15) is 18.0 Å². The lowest BCUT2D eigenvalue weighted by molar-refractivity contribution is -0.141. The Bertz CT molecular complexity index is 485. The highest BCUT2D eigenvalue weighted by Gasteiger charge is 2.35. The predicted octanol–water partition coefficient (Wildman–Crippen LogP) is 3.44. The molecule has 1 N–H and O–H groups in total. The molecule has 0 fully saturated rings. The lowest BCUT2D eigenvalue weighted by Crippen LogP contribution is -2.22. The fourth-order valence-electron chi connectivity index (χ4n) is 1.89. The highest BCUT2D eigenvalue weighted by molar-refractivity contribution is 8.00. The molecule has 0 amide bonds. The Balaban J connectivity index is 2.23. The number of hydrogen-bond acceptors (Lipinski definition) is 2. The third-order valence-electron chi connectivity index (χ3n) is 3.03. The van der Waals surface area contributed by atoms with Crippen LogP contribution in [0.15, 0.2) is 23.1 Å². The van der Waals surface area contributed by atoms with Crippen LogP contribution in [-0.4, -0.2) is 16.3 Å². The summed E-state index contributed by atoms with van der Waals surface area (Å²) in [5, 5.41) is 8.72. The number of rotatable bonds is 2. The average Bonchev–Trinajstić information content (AvgIpc) is 2.68. The maximum absolute atomic E-state index is 12.5. The Hall–Kier alpha value is -1.17. The number of carboxylic acids is 1. The predicted molar refractivity (Wildman–Crippen MR) is 61.6 cm³/mol. The zero-order valence-electron chi connectivity index (χ0n) is 9.49. The highest BCUT2D eigenvalue weighted by Crippen LogP contribution is 2.42. The van der Waals surface area contributed by atoms with Crippen molar-refractivity contribution in [2.75, 3.05) is 0 Å². The van der Waals surface area contributed by atoms with Gasteiger partial charge in [0.1, 0.15) is 0 Å². The molecule has 1 heterocycles. The van der Waals surface area contributed by atoms with Crippen LogP contribution in [0.3, 0.4) is 0 Å². The second-order valence-corrected chi connectivity index (χ2v) is 5.59. The van der Waals surface area contributed by atoms with Crippen LogP contribution in [-0.2, 0) is 17.4 Å². The Morgan fingerprint density at radius 2 is 2.17 bits per heavy atom. The normalized spacial score (nSPS) is 20.6.